The number of rotatable bonds is 4. The van der Waals surface area contributed by atoms with Crippen molar-refractivity contribution < 1.29 is 14.0 Å². The van der Waals surface area contributed by atoms with Gasteiger partial charge in [0, 0.05) is 23.8 Å². The molecule has 0 saturated carbocycles. The second-order valence-corrected chi connectivity index (χ2v) is 6.45. The van der Waals surface area contributed by atoms with Gasteiger partial charge in [0.1, 0.15) is 11.7 Å². The first-order valence-electron chi connectivity index (χ1n) is 8.14. The first-order chi connectivity index (χ1) is 12.0. The number of nitrogens with zero attached hydrogens (tertiary/aromatic N) is 1. The van der Waals surface area contributed by atoms with Crippen LogP contribution in [0.3, 0.4) is 0 Å². The summed E-state index contributed by atoms with van der Waals surface area (Å²) in [4.78, 5) is 26.8. The van der Waals surface area contributed by atoms with Gasteiger partial charge in [-0.3, -0.25) is 9.59 Å². The van der Waals surface area contributed by atoms with Gasteiger partial charge in [0.2, 0.25) is 11.8 Å². The van der Waals surface area contributed by atoms with Crippen molar-refractivity contribution >= 4 is 29.1 Å². The van der Waals surface area contributed by atoms with E-state index < -0.39 is 11.7 Å². The quantitative estimate of drug-likeness (QED) is 0.848. The lowest BCUT2D eigenvalue weighted by Crippen LogP contribution is -2.47. The molecule has 25 heavy (non-hydrogen) atoms. The van der Waals surface area contributed by atoms with E-state index in [0.717, 1.165) is 12.1 Å². The maximum absolute atomic E-state index is 13.4. The van der Waals surface area contributed by atoms with E-state index in [1.807, 2.05) is 30.3 Å². The third kappa shape index (κ3) is 4.17. The van der Waals surface area contributed by atoms with Crippen molar-refractivity contribution in [3.8, 4) is 0 Å². The number of benzene rings is 2. The fraction of sp³-hybridized carbons (Fsp3) is 0.263. The van der Waals surface area contributed by atoms with Crippen LogP contribution in [0, 0.1) is 11.7 Å². The van der Waals surface area contributed by atoms with E-state index in [2.05, 4.69) is 5.32 Å². The Morgan fingerprint density at radius 2 is 2.00 bits per heavy atom. The van der Waals surface area contributed by atoms with Gasteiger partial charge in [0.05, 0.1) is 0 Å². The number of anilines is 1. The highest BCUT2D eigenvalue weighted by atomic mass is 35.5. The summed E-state index contributed by atoms with van der Waals surface area (Å²) in [5.74, 6) is -1.73. The number of amides is 2. The van der Waals surface area contributed by atoms with Crippen molar-refractivity contribution in [3.63, 3.8) is 0 Å². The van der Waals surface area contributed by atoms with Gasteiger partial charge < -0.3 is 10.2 Å². The Morgan fingerprint density at radius 1 is 1.24 bits per heavy atom. The number of carbonyl (C=O) groups excluding carboxylic acids is 2. The molecule has 0 aliphatic carbocycles. The highest BCUT2D eigenvalue weighted by molar-refractivity contribution is 6.30. The lowest BCUT2D eigenvalue weighted by molar-refractivity contribution is -0.135. The Bertz CT molecular complexity index is 762. The van der Waals surface area contributed by atoms with E-state index in [1.165, 1.54) is 12.1 Å². The van der Waals surface area contributed by atoms with Crippen molar-refractivity contribution in [2.75, 3.05) is 11.4 Å². The highest BCUT2D eigenvalue weighted by Crippen LogP contribution is 2.24. The van der Waals surface area contributed by atoms with Crippen molar-refractivity contribution in [1.29, 1.82) is 0 Å². The van der Waals surface area contributed by atoms with Gasteiger partial charge in [0.15, 0.2) is 0 Å². The van der Waals surface area contributed by atoms with E-state index in [-0.39, 0.29) is 23.4 Å². The molecule has 0 radical (unpaired) electrons. The highest BCUT2D eigenvalue weighted by Gasteiger charge is 2.34. The summed E-state index contributed by atoms with van der Waals surface area (Å²) in [5, 5.41) is 2.99. The van der Waals surface area contributed by atoms with Gasteiger partial charge >= 0.3 is 0 Å². The number of halogens is 2. The second-order valence-electron chi connectivity index (χ2n) is 6.02. The van der Waals surface area contributed by atoms with Gasteiger partial charge in [0.25, 0.3) is 0 Å². The lowest BCUT2D eigenvalue weighted by atomic mass is 9.95. The standard InChI is InChI=1S/C19H18ClFN2O2/c20-14-9-13(10-15(21)11-14)12-22-18(24)17-7-4-8-23(19(17)25)16-5-2-1-3-6-16/h1-3,5-6,9-11,17H,4,7-8,12H2,(H,22,24). The molecule has 1 N–H and O–H groups in total. The minimum atomic E-state index is -0.724. The molecule has 1 aliphatic rings. The van der Waals surface area contributed by atoms with Crippen LogP contribution in [0.4, 0.5) is 10.1 Å². The zero-order valence-electron chi connectivity index (χ0n) is 13.5. The molecular formula is C19H18ClFN2O2. The Hall–Kier alpha value is -2.40. The number of hydrogen-bond donors (Lipinski definition) is 1. The van der Waals surface area contributed by atoms with Gasteiger partial charge in [-0.15, -0.1) is 0 Å². The van der Waals surface area contributed by atoms with E-state index in [9.17, 15) is 14.0 Å². The van der Waals surface area contributed by atoms with Crippen molar-refractivity contribution in [2.24, 2.45) is 5.92 Å². The van der Waals surface area contributed by atoms with Crippen molar-refractivity contribution in [2.45, 2.75) is 19.4 Å². The fourth-order valence-corrected chi connectivity index (χ4v) is 3.25. The van der Waals surface area contributed by atoms with Gasteiger partial charge in [-0.2, -0.15) is 0 Å². The smallest absolute Gasteiger partial charge is 0.239 e. The SMILES string of the molecule is O=C(NCc1cc(F)cc(Cl)c1)C1CCCN(c2ccccc2)C1=O. The monoisotopic (exact) mass is 360 g/mol. The molecule has 1 heterocycles. The summed E-state index contributed by atoms with van der Waals surface area (Å²) in [6.07, 6.45) is 1.27. The number of piperidine rings is 1. The van der Waals surface area contributed by atoms with Gasteiger partial charge in [-0.05, 0) is 48.7 Å². The van der Waals surface area contributed by atoms with Crippen LogP contribution in [0.25, 0.3) is 0 Å². The second kappa shape index (κ2) is 7.66. The van der Waals surface area contributed by atoms with Crippen LogP contribution in [0.5, 0.6) is 0 Å². The zero-order valence-corrected chi connectivity index (χ0v) is 14.3. The number of nitrogens with one attached hydrogen (secondary N) is 1. The third-order valence-electron chi connectivity index (χ3n) is 4.21. The van der Waals surface area contributed by atoms with Crippen LogP contribution < -0.4 is 10.2 Å². The summed E-state index contributed by atoms with van der Waals surface area (Å²) in [7, 11) is 0. The molecule has 6 heteroatoms. The van der Waals surface area contributed by atoms with Crippen LogP contribution >= 0.6 is 11.6 Å². The summed E-state index contributed by atoms with van der Waals surface area (Å²) in [6, 6.07) is 13.4. The Morgan fingerprint density at radius 3 is 2.72 bits per heavy atom. The van der Waals surface area contributed by atoms with E-state index in [0.29, 0.717) is 18.5 Å². The van der Waals surface area contributed by atoms with Crippen LogP contribution in [-0.2, 0) is 16.1 Å². The van der Waals surface area contributed by atoms with Gasteiger partial charge in [-0.25, -0.2) is 4.39 Å². The average molecular weight is 361 g/mol. The number of hydrogen-bond acceptors (Lipinski definition) is 2. The van der Waals surface area contributed by atoms with Crippen LogP contribution in [0.15, 0.2) is 48.5 Å². The first kappa shape index (κ1) is 17.4. The molecule has 2 aromatic rings. The third-order valence-corrected chi connectivity index (χ3v) is 4.43. The molecule has 1 aliphatic heterocycles. The molecule has 0 spiro atoms. The Kier molecular flexibility index (Phi) is 5.34. The number of para-hydroxylation sites is 1. The Balaban J connectivity index is 1.66. The largest absolute Gasteiger partial charge is 0.351 e. The molecule has 2 amide bonds. The summed E-state index contributed by atoms with van der Waals surface area (Å²) >= 11 is 5.81. The molecule has 2 aromatic carbocycles. The van der Waals surface area contributed by atoms with E-state index in [4.69, 9.17) is 11.6 Å². The number of carbonyl (C=O) groups is 2. The predicted molar refractivity (Wildman–Crippen MR) is 94.8 cm³/mol. The molecule has 130 valence electrons. The molecule has 0 aromatic heterocycles. The summed E-state index contributed by atoms with van der Waals surface area (Å²) < 4.78 is 13.4. The predicted octanol–water partition coefficient (Wildman–Crippen LogP) is 3.54. The fourth-order valence-electron chi connectivity index (χ4n) is 3.01. The van der Waals surface area contributed by atoms with E-state index in [1.54, 1.807) is 11.0 Å². The van der Waals surface area contributed by atoms with Crippen LogP contribution in [0.2, 0.25) is 5.02 Å². The molecule has 1 unspecified atom stereocenters. The van der Waals surface area contributed by atoms with Crippen molar-refractivity contribution in [3.05, 3.63) is 64.9 Å². The maximum atomic E-state index is 13.4. The molecule has 0 bridgehead atoms. The zero-order chi connectivity index (χ0) is 17.8. The molecular weight excluding hydrogens is 343 g/mol. The van der Waals surface area contributed by atoms with Crippen LogP contribution in [-0.4, -0.2) is 18.4 Å². The lowest BCUT2D eigenvalue weighted by Gasteiger charge is -2.31. The summed E-state index contributed by atoms with van der Waals surface area (Å²) in [5.41, 5.74) is 1.35. The van der Waals surface area contributed by atoms with Crippen molar-refractivity contribution in [1.82, 2.24) is 5.32 Å². The maximum Gasteiger partial charge on any atom is 0.239 e. The normalized spacial score (nSPS) is 17.4. The molecule has 4 nitrogen and oxygen atoms in total. The van der Waals surface area contributed by atoms with E-state index >= 15 is 0 Å². The molecule has 1 saturated heterocycles. The topological polar surface area (TPSA) is 49.4 Å². The average Bonchev–Trinajstić information content (AvgIpc) is 2.60. The first-order valence-corrected chi connectivity index (χ1v) is 8.51. The molecule has 1 atom stereocenters. The molecule has 3 rings (SSSR count). The molecule has 1 fully saturated rings. The van der Waals surface area contributed by atoms with Gasteiger partial charge in [-0.1, -0.05) is 29.8 Å². The Labute approximate surface area is 150 Å². The van der Waals surface area contributed by atoms with Crippen LogP contribution in [0.1, 0.15) is 18.4 Å². The summed E-state index contributed by atoms with van der Waals surface area (Å²) in [6.45, 7) is 0.734. The minimum absolute atomic E-state index is 0.130. The minimum Gasteiger partial charge on any atom is -0.351 e.